The number of nitrogens with zero attached hydrogens (tertiary/aromatic N) is 3. The largest absolute Gasteiger partial charge is 0.347 e. The van der Waals surface area contributed by atoms with E-state index in [1.807, 2.05) is 0 Å². The summed E-state index contributed by atoms with van der Waals surface area (Å²) in [6, 6.07) is 7.00. The van der Waals surface area contributed by atoms with Gasteiger partial charge in [-0.15, -0.1) is 0 Å². The van der Waals surface area contributed by atoms with E-state index in [4.69, 9.17) is 0 Å². The fraction of sp³-hybridized carbons (Fsp3) is 0.421. The lowest BCUT2D eigenvalue weighted by atomic mass is 10.2. The average Bonchev–Trinajstić information content (AvgIpc) is 3.21. The Labute approximate surface area is 167 Å². The van der Waals surface area contributed by atoms with Gasteiger partial charge in [-0.2, -0.15) is 5.10 Å². The molecule has 1 saturated heterocycles. The summed E-state index contributed by atoms with van der Waals surface area (Å²) in [5.74, 6) is -1.07. The molecule has 4 rings (SSSR count). The zero-order chi connectivity index (χ0) is 20.6. The molecular formula is C19H21FN4O4S. The van der Waals surface area contributed by atoms with Crippen LogP contribution in [0.25, 0.3) is 0 Å². The van der Waals surface area contributed by atoms with Crippen LogP contribution in [-0.4, -0.2) is 59.0 Å². The number of aryl methyl sites for hydroxylation is 1. The Bertz CT molecular complexity index is 1050. The van der Waals surface area contributed by atoms with Crippen molar-refractivity contribution in [1.29, 1.82) is 0 Å². The smallest absolute Gasteiger partial charge is 0.272 e. The van der Waals surface area contributed by atoms with Gasteiger partial charge in [0.25, 0.3) is 11.8 Å². The van der Waals surface area contributed by atoms with E-state index < -0.39 is 21.8 Å². The molecule has 29 heavy (non-hydrogen) atoms. The zero-order valence-electron chi connectivity index (χ0n) is 15.7. The summed E-state index contributed by atoms with van der Waals surface area (Å²) in [6.07, 6.45) is 1.05. The van der Waals surface area contributed by atoms with Crippen LogP contribution in [0.2, 0.25) is 0 Å². The highest BCUT2D eigenvalue weighted by Gasteiger charge is 2.31. The standard InChI is InChI=1S/C19H21FN4O4S/c20-14-4-2-13(3-5-14)11-23-7-1-8-24-17(19(23)26)10-16(22-24)18(25)21-15-6-9-29(27,28)12-15/h2-5,10,15H,1,6-9,11-12H2,(H,21,25)/t15-/m0/s1. The molecule has 1 N–H and O–H groups in total. The third-order valence-corrected chi connectivity index (χ3v) is 6.94. The van der Waals surface area contributed by atoms with Gasteiger partial charge in [0.05, 0.1) is 11.5 Å². The van der Waals surface area contributed by atoms with E-state index in [-0.39, 0.29) is 28.9 Å². The Morgan fingerprint density at radius 1 is 1.24 bits per heavy atom. The number of aromatic nitrogens is 2. The number of sulfone groups is 1. The maximum atomic E-state index is 13.1. The molecule has 3 heterocycles. The Kier molecular flexibility index (Phi) is 5.12. The number of hydrogen-bond acceptors (Lipinski definition) is 5. The van der Waals surface area contributed by atoms with E-state index in [2.05, 4.69) is 10.4 Å². The van der Waals surface area contributed by atoms with Gasteiger partial charge in [-0.05, 0) is 30.5 Å². The third-order valence-electron chi connectivity index (χ3n) is 5.17. The second-order valence-electron chi connectivity index (χ2n) is 7.42. The topological polar surface area (TPSA) is 101 Å². The molecule has 1 aromatic carbocycles. The van der Waals surface area contributed by atoms with Crippen LogP contribution >= 0.6 is 0 Å². The van der Waals surface area contributed by atoms with Crippen LogP contribution in [-0.2, 0) is 22.9 Å². The molecule has 1 atom stereocenters. The van der Waals surface area contributed by atoms with Crippen molar-refractivity contribution in [1.82, 2.24) is 20.0 Å². The first-order valence-electron chi connectivity index (χ1n) is 9.43. The van der Waals surface area contributed by atoms with Gasteiger partial charge in [-0.3, -0.25) is 14.3 Å². The molecule has 2 amide bonds. The van der Waals surface area contributed by atoms with Crippen molar-refractivity contribution >= 4 is 21.7 Å². The van der Waals surface area contributed by atoms with Gasteiger partial charge >= 0.3 is 0 Å². The molecule has 1 aromatic heterocycles. The van der Waals surface area contributed by atoms with Crippen molar-refractivity contribution in [3.63, 3.8) is 0 Å². The van der Waals surface area contributed by atoms with Crippen LogP contribution in [0.4, 0.5) is 4.39 Å². The Hall–Kier alpha value is -2.75. The highest BCUT2D eigenvalue weighted by molar-refractivity contribution is 7.91. The molecule has 0 unspecified atom stereocenters. The molecule has 154 valence electrons. The molecule has 2 aliphatic heterocycles. The maximum Gasteiger partial charge on any atom is 0.272 e. The van der Waals surface area contributed by atoms with Crippen molar-refractivity contribution in [2.75, 3.05) is 18.1 Å². The van der Waals surface area contributed by atoms with Crippen molar-refractivity contribution in [3.8, 4) is 0 Å². The van der Waals surface area contributed by atoms with Crippen LogP contribution in [0.1, 0.15) is 39.4 Å². The maximum absolute atomic E-state index is 13.1. The average molecular weight is 420 g/mol. The molecule has 0 spiro atoms. The highest BCUT2D eigenvalue weighted by Crippen LogP contribution is 2.18. The van der Waals surface area contributed by atoms with Crippen molar-refractivity contribution in [2.45, 2.75) is 32.0 Å². The van der Waals surface area contributed by atoms with E-state index >= 15 is 0 Å². The van der Waals surface area contributed by atoms with Crippen molar-refractivity contribution < 1.29 is 22.4 Å². The van der Waals surface area contributed by atoms with Gasteiger partial charge in [-0.25, -0.2) is 12.8 Å². The van der Waals surface area contributed by atoms with Gasteiger partial charge in [0, 0.05) is 31.7 Å². The first-order chi connectivity index (χ1) is 13.8. The number of carbonyl (C=O) groups is 2. The van der Waals surface area contributed by atoms with E-state index in [0.717, 1.165) is 5.56 Å². The summed E-state index contributed by atoms with van der Waals surface area (Å²) in [5, 5.41) is 6.94. The number of hydrogen-bond donors (Lipinski definition) is 1. The SMILES string of the molecule is O=C(N[C@H]1CCS(=O)(=O)C1)c1cc2n(n1)CCCN(Cc1ccc(F)cc1)C2=O. The molecule has 0 bridgehead atoms. The molecule has 10 heteroatoms. The number of fused-ring (bicyclic) bond motifs is 1. The van der Waals surface area contributed by atoms with Crippen LogP contribution in [0.5, 0.6) is 0 Å². The number of nitrogens with one attached hydrogen (secondary N) is 1. The molecule has 2 aliphatic rings. The predicted octanol–water partition coefficient (Wildman–Crippen LogP) is 0.985. The Morgan fingerprint density at radius 2 is 2.00 bits per heavy atom. The predicted molar refractivity (Wildman–Crippen MR) is 103 cm³/mol. The fourth-order valence-electron chi connectivity index (χ4n) is 3.67. The first kappa shape index (κ1) is 19.6. The third kappa shape index (κ3) is 4.31. The summed E-state index contributed by atoms with van der Waals surface area (Å²) in [4.78, 5) is 27.1. The minimum absolute atomic E-state index is 0.0640. The number of benzene rings is 1. The monoisotopic (exact) mass is 420 g/mol. The van der Waals surface area contributed by atoms with E-state index in [1.54, 1.807) is 17.0 Å². The summed E-state index contributed by atoms with van der Waals surface area (Å²) >= 11 is 0. The lowest BCUT2D eigenvalue weighted by Crippen LogP contribution is -2.36. The van der Waals surface area contributed by atoms with Crippen LogP contribution < -0.4 is 5.32 Å². The van der Waals surface area contributed by atoms with Gasteiger partial charge in [-0.1, -0.05) is 12.1 Å². The van der Waals surface area contributed by atoms with Crippen LogP contribution in [0.15, 0.2) is 30.3 Å². The molecule has 8 nitrogen and oxygen atoms in total. The van der Waals surface area contributed by atoms with E-state index in [1.165, 1.54) is 22.9 Å². The quantitative estimate of drug-likeness (QED) is 0.795. The van der Waals surface area contributed by atoms with Crippen LogP contribution in [0, 0.1) is 5.82 Å². The highest BCUT2D eigenvalue weighted by atomic mass is 32.2. The lowest BCUT2D eigenvalue weighted by Gasteiger charge is -2.20. The second kappa shape index (κ2) is 7.58. The minimum atomic E-state index is -3.10. The Morgan fingerprint density at radius 3 is 2.69 bits per heavy atom. The number of rotatable bonds is 4. The molecule has 0 aliphatic carbocycles. The fourth-order valence-corrected chi connectivity index (χ4v) is 5.35. The van der Waals surface area contributed by atoms with Gasteiger partial charge < -0.3 is 10.2 Å². The summed E-state index contributed by atoms with van der Waals surface area (Å²) in [7, 11) is -3.10. The minimum Gasteiger partial charge on any atom is -0.347 e. The Balaban J connectivity index is 1.48. The zero-order valence-corrected chi connectivity index (χ0v) is 16.5. The van der Waals surface area contributed by atoms with Crippen LogP contribution in [0.3, 0.4) is 0 Å². The van der Waals surface area contributed by atoms with Gasteiger partial charge in [0.2, 0.25) is 0 Å². The van der Waals surface area contributed by atoms with Gasteiger partial charge in [0.1, 0.15) is 11.5 Å². The van der Waals surface area contributed by atoms with E-state index in [9.17, 15) is 22.4 Å². The summed E-state index contributed by atoms with van der Waals surface area (Å²) < 4.78 is 37.8. The van der Waals surface area contributed by atoms with Gasteiger partial charge in [0.15, 0.2) is 15.5 Å². The number of amides is 2. The summed E-state index contributed by atoms with van der Waals surface area (Å²) in [5.41, 5.74) is 1.23. The molecule has 2 aromatic rings. The number of carbonyl (C=O) groups excluding carboxylic acids is 2. The molecule has 1 fully saturated rings. The molecular weight excluding hydrogens is 399 g/mol. The number of halogens is 1. The molecule has 0 saturated carbocycles. The first-order valence-corrected chi connectivity index (χ1v) is 11.3. The summed E-state index contributed by atoms with van der Waals surface area (Å²) in [6.45, 7) is 1.36. The molecule has 0 radical (unpaired) electrons. The second-order valence-corrected chi connectivity index (χ2v) is 9.65. The normalized spacial score (nSPS) is 20.9. The van der Waals surface area contributed by atoms with Crippen molar-refractivity contribution in [3.05, 3.63) is 53.1 Å². The lowest BCUT2D eigenvalue weighted by molar-refractivity contribution is 0.0745. The van der Waals surface area contributed by atoms with Crippen molar-refractivity contribution in [2.24, 2.45) is 0 Å². The van der Waals surface area contributed by atoms with E-state index in [0.29, 0.717) is 38.2 Å².